The first-order valence-corrected chi connectivity index (χ1v) is 6.65. The molecule has 1 amide bonds. The normalized spacial score (nSPS) is 10.2. The van der Waals surface area contributed by atoms with E-state index < -0.39 is 0 Å². The largest absolute Gasteiger partial charge is 0.507 e. The fourth-order valence-corrected chi connectivity index (χ4v) is 1.93. The number of hydrogen-bond acceptors (Lipinski definition) is 3. The zero-order chi connectivity index (χ0) is 14.0. The van der Waals surface area contributed by atoms with E-state index in [2.05, 4.69) is 5.32 Å². The lowest BCUT2D eigenvalue weighted by molar-refractivity contribution is 0.102. The summed E-state index contributed by atoms with van der Waals surface area (Å²) in [6.07, 6.45) is 0. The Labute approximate surface area is 124 Å². The Morgan fingerprint density at radius 3 is 2.47 bits per heavy atom. The van der Waals surface area contributed by atoms with Gasteiger partial charge < -0.3 is 15.5 Å². The summed E-state index contributed by atoms with van der Waals surface area (Å²) in [6.45, 7) is 1.85. The molecule has 2 aromatic rings. The Morgan fingerprint density at radius 2 is 1.84 bits per heavy atom. The number of phenolic OH excluding ortho intramolecular Hbond substituents is 2. The van der Waals surface area contributed by atoms with Crippen molar-refractivity contribution in [2.75, 3.05) is 5.32 Å². The Morgan fingerprint density at radius 1 is 1.11 bits per heavy atom. The molecule has 0 heterocycles. The summed E-state index contributed by atoms with van der Waals surface area (Å²) in [4.78, 5) is 12.0. The molecule has 0 aliphatic carbocycles. The Kier molecular flexibility index (Phi) is 3.94. The molecule has 19 heavy (non-hydrogen) atoms. The molecule has 98 valence electrons. The lowest BCUT2D eigenvalue weighted by Crippen LogP contribution is -2.12. The molecule has 0 aromatic heterocycles. The van der Waals surface area contributed by atoms with Crippen LogP contribution in [0.1, 0.15) is 15.9 Å². The van der Waals surface area contributed by atoms with Gasteiger partial charge in [0.1, 0.15) is 11.5 Å². The molecule has 0 fully saturated rings. The van der Waals surface area contributed by atoms with Crippen LogP contribution in [0.25, 0.3) is 0 Å². The van der Waals surface area contributed by atoms with Crippen LogP contribution >= 0.6 is 22.6 Å². The van der Waals surface area contributed by atoms with Gasteiger partial charge in [0, 0.05) is 5.56 Å². The molecule has 0 saturated heterocycles. The second kappa shape index (κ2) is 5.48. The van der Waals surface area contributed by atoms with Crippen molar-refractivity contribution in [3.8, 4) is 11.5 Å². The molecule has 2 aromatic carbocycles. The maximum atomic E-state index is 12.0. The molecule has 0 unspecified atom stereocenters. The first-order chi connectivity index (χ1) is 8.97. The van der Waals surface area contributed by atoms with Gasteiger partial charge in [-0.3, -0.25) is 4.79 Å². The molecule has 0 radical (unpaired) electrons. The highest BCUT2D eigenvalue weighted by molar-refractivity contribution is 14.1. The van der Waals surface area contributed by atoms with E-state index in [1.165, 1.54) is 6.07 Å². The molecule has 3 N–H and O–H groups in total. The van der Waals surface area contributed by atoms with Crippen LogP contribution in [0.15, 0.2) is 36.4 Å². The van der Waals surface area contributed by atoms with Crippen LogP contribution in [0.5, 0.6) is 11.5 Å². The highest BCUT2D eigenvalue weighted by Gasteiger charge is 2.10. The van der Waals surface area contributed by atoms with Gasteiger partial charge in [-0.05, 0) is 65.4 Å². The molecule has 4 nitrogen and oxygen atoms in total. The minimum atomic E-state index is -0.383. The Bertz CT molecular complexity index is 641. The number of hydrogen-bond donors (Lipinski definition) is 3. The number of rotatable bonds is 2. The maximum Gasteiger partial charge on any atom is 0.255 e. The van der Waals surface area contributed by atoms with Gasteiger partial charge in [0.15, 0.2) is 0 Å². The minimum absolute atomic E-state index is 0.0167. The fraction of sp³-hybridized carbons (Fsp3) is 0.0714. The molecular weight excluding hydrogens is 357 g/mol. The quantitative estimate of drug-likeness (QED) is 0.562. The molecule has 0 saturated carbocycles. The predicted molar refractivity (Wildman–Crippen MR) is 81.6 cm³/mol. The van der Waals surface area contributed by atoms with Gasteiger partial charge in [0.2, 0.25) is 0 Å². The second-order valence-electron chi connectivity index (χ2n) is 4.14. The number of phenols is 2. The van der Waals surface area contributed by atoms with Gasteiger partial charge in [0.25, 0.3) is 5.91 Å². The van der Waals surface area contributed by atoms with Crippen LogP contribution in [-0.2, 0) is 0 Å². The highest BCUT2D eigenvalue weighted by Crippen LogP contribution is 2.25. The molecule has 5 heteroatoms. The molecule has 0 aliphatic heterocycles. The van der Waals surface area contributed by atoms with Gasteiger partial charge in [0.05, 0.1) is 9.26 Å². The summed E-state index contributed by atoms with van der Waals surface area (Å²) in [6, 6.07) is 9.65. The molecule has 0 bridgehead atoms. The molecule has 0 spiro atoms. The topological polar surface area (TPSA) is 69.6 Å². The molecular formula is C14H12INO3. The van der Waals surface area contributed by atoms with Crippen molar-refractivity contribution in [1.82, 2.24) is 0 Å². The summed E-state index contributed by atoms with van der Waals surface area (Å²) < 4.78 is 0.673. The van der Waals surface area contributed by atoms with E-state index in [-0.39, 0.29) is 17.4 Å². The lowest BCUT2D eigenvalue weighted by atomic mass is 10.1. The van der Waals surface area contributed by atoms with E-state index in [0.29, 0.717) is 14.8 Å². The Balaban J connectivity index is 2.23. The van der Waals surface area contributed by atoms with Crippen LogP contribution in [-0.4, -0.2) is 16.1 Å². The third-order valence-corrected chi connectivity index (χ3v) is 3.52. The highest BCUT2D eigenvalue weighted by atomic mass is 127. The minimum Gasteiger partial charge on any atom is -0.507 e. The fourth-order valence-electron chi connectivity index (χ4n) is 1.60. The van der Waals surface area contributed by atoms with E-state index in [1.807, 2.05) is 29.5 Å². The van der Waals surface area contributed by atoms with E-state index in [0.717, 1.165) is 5.56 Å². The van der Waals surface area contributed by atoms with Crippen LogP contribution < -0.4 is 5.32 Å². The third-order valence-electron chi connectivity index (χ3n) is 2.61. The second-order valence-corrected chi connectivity index (χ2v) is 5.30. The van der Waals surface area contributed by atoms with Gasteiger partial charge in [-0.1, -0.05) is 6.07 Å². The molecule has 0 atom stereocenters. The number of amides is 1. The van der Waals surface area contributed by atoms with E-state index in [9.17, 15) is 15.0 Å². The number of carbonyl (C=O) groups excluding carboxylic acids is 1. The monoisotopic (exact) mass is 369 g/mol. The average Bonchev–Trinajstić information content (AvgIpc) is 2.36. The van der Waals surface area contributed by atoms with Crippen molar-refractivity contribution in [1.29, 1.82) is 0 Å². The first kappa shape index (κ1) is 13.7. The maximum absolute atomic E-state index is 12.0. The Hall–Kier alpha value is -1.76. The van der Waals surface area contributed by atoms with Crippen LogP contribution in [0.4, 0.5) is 5.69 Å². The van der Waals surface area contributed by atoms with Crippen molar-refractivity contribution >= 4 is 34.2 Å². The van der Waals surface area contributed by atoms with E-state index in [1.54, 1.807) is 30.3 Å². The number of carbonyl (C=O) groups is 1. The number of halogens is 1. The average molecular weight is 369 g/mol. The number of anilines is 1. The van der Waals surface area contributed by atoms with Gasteiger partial charge in [-0.15, -0.1) is 0 Å². The van der Waals surface area contributed by atoms with Crippen molar-refractivity contribution in [3.05, 3.63) is 51.1 Å². The first-order valence-electron chi connectivity index (χ1n) is 5.57. The van der Waals surface area contributed by atoms with Crippen LogP contribution in [0.2, 0.25) is 0 Å². The van der Waals surface area contributed by atoms with Crippen molar-refractivity contribution < 1.29 is 15.0 Å². The standard InChI is InChI=1S/C14H12INO3/c1-8-2-5-11(13(18)6-8)16-14(19)9-3-4-10(15)12(17)7-9/h2-7,17-18H,1H3,(H,16,19). The smallest absolute Gasteiger partial charge is 0.255 e. The van der Waals surface area contributed by atoms with Gasteiger partial charge in [-0.25, -0.2) is 0 Å². The third kappa shape index (κ3) is 3.17. The summed E-state index contributed by atoms with van der Waals surface area (Å²) in [7, 11) is 0. The zero-order valence-electron chi connectivity index (χ0n) is 10.1. The van der Waals surface area contributed by atoms with Crippen molar-refractivity contribution in [2.45, 2.75) is 6.92 Å². The summed E-state index contributed by atoms with van der Waals surface area (Å²) in [5.74, 6) is -0.310. The van der Waals surface area contributed by atoms with Gasteiger partial charge >= 0.3 is 0 Å². The summed E-state index contributed by atoms with van der Waals surface area (Å²) >= 11 is 1.98. The SMILES string of the molecule is Cc1ccc(NC(=O)c2ccc(I)c(O)c2)c(O)c1. The lowest BCUT2D eigenvalue weighted by Gasteiger charge is -2.08. The number of nitrogens with one attached hydrogen (secondary N) is 1. The van der Waals surface area contributed by atoms with Crippen LogP contribution in [0, 0.1) is 10.5 Å². The van der Waals surface area contributed by atoms with Crippen molar-refractivity contribution in [3.63, 3.8) is 0 Å². The van der Waals surface area contributed by atoms with Gasteiger partial charge in [-0.2, -0.15) is 0 Å². The van der Waals surface area contributed by atoms with E-state index in [4.69, 9.17) is 0 Å². The van der Waals surface area contributed by atoms with Crippen LogP contribution in [0.3, 0.4) is 0 Å². The molecule has 2 rings (SSSR count). The number of aromatic hydroxyl groups is 2. The predicted octanol–water partition coefficient (Wildman–Crippen LogP) is 3.26. The summed E-state index contributed by atoms with van der Waals surface area (Å²) in [5, 5.41) is 21.9. The summed E-state index contributed by atoms with van der Waals surface area (Å²) in [5.41, 5.74) is 1.58. The number of aryl methyl sites for hydroxylation is 1. The van der Waals surface area contributed by atoms with E-state index >= 15 is 0 Å². The number of benzene rings is 2. The molecule has 0 aliphatic rings. The zero-order valence-corrected chi connectivity index (χ0v) is 12.3. The van der Waals surface area contributed by atoms with Crippen molar-refractivity contribution in [2.24, 2.45) is 0 Å².